The van der Waals surface area contributed by atoms with Gasteiger partial charge in [0.25, 0.3) is 0 Å². The molecule has 1 rings (SSSR count). The van der Waals surface area contributed by atoms with Crippen LogP contribution in [0.1, 0.15) is 10.4 Å². The third kappa shape index (κ3) is 2.47. The van der Waals surface area contributed by atoms with Gasteiger partial charge in [-0.05, 0) is 12.1 Å². The highest BCUT2D eigenvalue weighted by Crippen LogP contribution is 2.19. The van der Waals surface area contributed by atoms with Gasteiger partial charge < -0.3 is 9.47 Å². The first-order valence-electron chi connectivity index (χ1n) is 3.70. The van der Waals surface area contributed by atoms with E-state index in [9.17, 15) is 9.59 Å². The summed E-state index contributed by atoms with van der Waals surface area (Å²) in [5.74, 6) is -0.502. The second-order valence-corrected chi connectivity index (χ2v) is 2.64. The summed E-state index contributed by atoms with van der Waals surface area (Å²) in [6, 6.07) is 6.16. The molecule has 0 N–H and O–H groups in total. The van der Waals surface area contributed by atoms with E-state index in [4.69, 9.17) is 11.6 Å². The van der Waals surface area contributed by atoms with Crippen LogP contribution < -0.4 is 4.74 Å². The summed E-state index contributed by atoms with van der Waals surface area (Å²) in [6.45, 7) is 0. The average Bonchev–Trinajstić information content (AvgIpc) is 2.16. The lowest BCUT2D eigenvalue weighted by molar-refractivity contribution is 0.0598. The van der Waals surface area contributed by atoms with E-state index in [0.29, 0.717) is 0 Å². The highest BCUT2D eigenvalue weighted by molar-refractivity contribution is 6.61. The molecule has 0 fully saturated rings. The van der Waals surface area contributed by atoms with Crippen molar-refractivity contribution in [2.45, 2.75) is 0 Å². The number of rotatable bonds is 2. The van der Waals surface area contributed by atoms with Crippen molar-refractivity contribution < 1.29 is 19.1 Å². The van der Waals surface area contributed by atoms with Crippen molar-refractivity contribution in [3.05, 3.63) is 29.8 Å². The van der Waals surface area contributed by atoms with E-state index in [2.05, 4.69) is 9.47 Å². The highest BCUT2D eigenvalue weighted by atomic mass is 35.5. The van der Waals surface area contributed by atoms with Gasteiger partial charge in [0, 0.05) is 11.6 Å². The topological polar surface area (TPSA) is 52.6 Å². The summed E-state index contributed by atoms with van der Waals surface area (Å²) in [5, 5.41) is 0. The van der Waals surface area contributed by atoms with Crippen molar-refractivity contribution >= 4 is 23.0 Å². The number of carbonyl (C=O) groups excluding carboxylic acids is 2. The molecule has 74 valence electrons. The van der Waals surface area contributed by atoms with E-state index >= 15 is 0 Å². The predicted molar refractivity (Wildman–Crippen MR) is 49.7 cm³/mol. The van der Waals surface area contributed by atoms with Crippen molar-refractivity contribution in [3.8, 4) is 5.75 Å². The van der Waals surface area contributed by atoms with Crippen LogP contribution in [0.3, 0.4) is 0 Å². The maximum atomic E-state index is 11.2. The van der Waals surface area contributed by atoms with E-state index in [1.165, 1.54) is 19.2 Å². The van der Waals surface area contributed by atoms with Crippen LogP contribution in [0.4, 0.5) is 4.79 Å². The van der Waals surface area contributed by atoms with Crippen LogP contribution in [0, 0.1) is 0 Å². The molecule has 1 aromatic rings. The summed E-state index contributed by atoms with van der Waals surface area (Å²) in [6.07, 6.45) is 0. The third-order valence-electron chi connectivity index (χ3n) is 1.48. The second kappa shape index (κ2) is 4.62. The van der Waals surface area contributed by atoms with Crippen LogP contribution in [-0.2, 0) is 4.74 Å². The largest absolute Gasteiger partial charge is 0.465 e. The fraction of sp³-hybridized carbons (Fsp3) is 0.111. The Morgan fingerprint density at radius 2 is 1.93 bits per heavy atom. The molecule has 0 unspecified atom stereocenters. The zero-order valence-corrected chi connectivity index (χ0v) is 8.08. The van der Waals surface area contributed by atoms with Gasteiger partial charge in [0.05, 0.1) is 7.11 Å². The van der Waals surface area contributed by atoms with Gasteiger partial charge in [0.1, 0.15) is 11.3 Å². The fourth-order valence-electron chi connectivity index (χ4n) is 0.921. The number of benzene rings is 1. The van der Waals surface area contributed by atoms with Gasteiger partial charge in [-0.25, -0.2) is 9.59 Å². The molecule has 0 radical (unpaired) electrons. The predicted octanol–water partition coefficient (Wildman–Crippen LogP) is 2.21. The van der Waals surface area contributed by atoms with Gasteiger partial charge in [-0.2, -0.15) is 0 Å². The van der Waals surface area contributed by atoms with Crippen molar-refractivity contribution in [2.75, 3.05) is 7.11 Å². The Kier molecular flexibility index (Phi) is 3.48. The number of methoxy groups -OCH3 is 1. The van der Waals surface area contributed by atoms with Crippen molar-refractivity contribution in [1.29, 1.82) is 0 Å². The van der Waals surface area contributed by atoms with Gasteiger partial charge >= 0.3 is 11.4 Å². The number of para-hydroxylation sites is 1. The first-order valence-corrected chi connectivity index (χ1v) is 4.07. The standard InChI is InChI=1S/C9H7ClO4/c1-13-8(11)6-4-2-3-5-7(6)14-9(10)12/h2-5H,1H3. The maximum absolute atomic E-state index is 11.2. The Morgan fingerprint density at radius 1 is 1.29 bits per heavy atom. The molecule has 0 atom stereocenters. The van der Waals surface area contributed by atoms with Crippen LogP contribution in [0.15, 0.2) is 24.3 Å². The van der Waals surface area contributed by atoms with Gasteiger partial charge in [0.15, 0.2) is 0 Å². The molecule has 0 aliphatic carbocycles. The Hall–Kier alpha value is -1.55. The Labute approximate surface area is 85.4 Å². The molecule has 0 saturated heterocycles. The summed E-state index contributed by atoms with van der Waals surface area (Å²) in [7, 11) is 1.24. The molecule has 4 nitrogen and oxygen atoms in total. The molecule has 5 heteroatoms. The molecule has 0 amide bonds. The minimum Gasteiger partial charge on any atom is -0.465 e. The van der Waals surface area contributed by atoms with E-state index in [1.807, 2.05) is 0 Å². The van der Waals surface area contributed by atoms with Crippen LogP contribution in [0.2, 0.25) is 0 Å². The summed E-state index contributed by atoms with van der Waals surface area (Å²) in [4.78, 5) is 21.6. The number of hydrogen-bond donors (Lipinski definition) is 0. The smallest absolute Gasteiger partial charge is 0.409 e. The molecule has 0 saturated carbocycles. The van der Waals surface area contributed by atoms with Crippen LogP contribution >= 0.6 is 11.6 Å². The van der Waals surface area contributed by atoms with Gasteiger partial charge in [-0.15, -0.1) is 0 Å². The second-order valence-electron chi connectivity index (χ2n) is 2.33. The molecule has 1 aromatic carbocycles. The van der Waals surface area contributed by atoms with Gasteiger partial charge in [-0.3, -0.25) is 0 Å². The quantitative estimate of drug-likeness (QED) is 0.560. The number of carbonyl (C=O) groups is 2. The first-order chi connectivity index (χ1) is 6.65. The van der Waals surface area contributed by atoms with Crippen molar-refractivity contribution in [3.63, 3.8) is 0 Å². The Bertz CT molecular complexity index is 362. The van der Waals surface area contributed by atoms with Crippen LogP contribution in [0.25, 0.3) is 0 Å². The van der Waals surface area contributed by atoms with E-state index in [0.717, 1.165) is 0 Å². The molecular formula is C9H7ClO4. The molecule has 0 aliphatic rings. The Balaban J connectivity index is 3.02. The van der Waals surface area contributed by atoms with E-state index in [-0.39, 0.29) is 11.3 Å². The SMILES string of the molecule is COC(=O)c1ccccc1OC(=O)Cl. The zero-order chi connectivity index (χ0) is 10.6. The number of ether oxygens (including phenoxy) is 2. The molecule has 0 bridgehead atoms. The van der Waals surface area contributed by atoms with Crippen molar-refractivity contribution in [2.24, 2.45) is 0 Å². The maximum Gasteiger partial charge on any atom is 0.409 e. The summed E-state index contributed by atoms with van der Waals surface area (Å²) in [5.41, 5.74) is -0.842. The van der Waals surface area contributed by atoms with E-state index < -0.39 is 11.4 Å². The summed E-state index contributed by atoms with van der Waals surface area (Å²) < 4.78 is 9.08. The number of hydrogen-bond acceptors (Lipinski definition) is 4. The van der Waals surface area contributed by atoms with Crippen LogP contribution in [0.5, 0.6) is 5.75 Å². The average molecular weight is 215 g/mol. The lowest BCUT2D eigenvalue weighted by Gasteiger charge is -2.05. The molecule has 14 heavy (non-hydrogen) atoms. The fourth-order valence-corrected chi connectivity index (χ4v) is 1.00. The van der Waals surface area contributed by atoms with Crippen molar-refractivity contribution in [1.82, 2.24) is 0 Å². The molecule has 0 aromatic heterocycles. The molecular weight excluding hydrogens is 208 g/mol. The highest BCUT2D eigenvalue weighted by Gasteiger charge is 2.13. The van der Waals surface area contributed by atoms with Gasteiger partial charge in [-0.1, -0.05) is 12.1 Å². The lowest BCUT2D eigenvalue weighted by Crippen LogP contribution is -2.06. The minimum atomic E-state index is -0.999. The molecule has 0 aliphatic heterocycles. The minimum absolute atomic E-state index is 0.0827. The first kappa shape index (κ1) is 10.5. The lowest BCUT2D eigenvalue weighted by atomic mass is 10.2. The monoisotopic (exact) mass is 214 g/mol. The van der Waals surface area contributed by atoms with Gasteiger partial charge in [0.2, 0.25) is 0 Å². The number of halogens is 1. The zero-order valence-electron chi connectivity index (χ0n) is 7.32. The molecule has 0 spiro atoms. The van der Waals surface area contributed by atoms with E-state index in [1.54, 1.807) is 12.1 Å². The molecule has 0 heterocycles. The summed E-state index contributed by atoms with van der Waals surface area (Å²) >= 11 is 5.02. The third-order valence-corrected chi connectivity index (χ3v) is 1.56. The Morgan fingerprint density at radius 3 is 2.50 bits per heavy atom. The number of esters is 1. The normalized spacial score (nSPS) is 9.29. The van der Waals surface area contributed by atoms with Crippen LogP contribution in [-0.4, -0.2) is 18.5 Å².